The lowest BCUT2D eigenvalue weighted by Crippen LogP contribution is -2.62. The summed E-state index contributed by atoms with van der Waals surface area (Å²) < 4.78 is 20.8. The summed E-state index contributed by atoms with van der Waals surface area (Å²) in [6, 6.07) is 0. The van der Waals surface area contributed by atoms with E-state index in [2.05, 4.69) is 0 Å². The van der Waals surface area contributed by atoms with Crippen LogP contribution in [0.15, 0.2) is 0 Å². The Balaban J connectivity index is 5.15. The van der Waals surface area contributed by atoms with Crippen LogP contribution in [0.3, 0.4) is 0 Å². The Labute approximate surface area is 68.7 Å². The molecule has 70 valence electrons. The fourth-order valence-electron chi connectivity index (χ4n) is 0.707. The molecule has 0 aliphatic carbocycles. The van der Waals surface area contributed by atoms with Gasteiger partial charge in [0, 0.05) is 0 Å². The first-order valence-corrected chi connectivity index (χ1v) is 5.73. The standard InChI is InChI=1S/C7H19NO2S/c1-6(2)11(8,9,10)7(3,4)5/h6H,1-5H3,(H3,8,9,10). The van der Waals surface area contributed by atoms with Crippen molar-refractivity contribution in [1.82, 2.24) is 0 Å². The number of nitrogens with two attached hydrogens (primary N) is 1. The number of rotatable bonds is 1. The average molecular weight is 181 g/mol. The van der Waals surface area contributed by atoms with Crippen molar-refractivity contribution in [2.24, 2.45) is 5.14 Å². The van der Waals surface area contributed by atoms with E-state index in [1.54, 1.807) is 34.6 Å². The third-order valence-corrected chi connectivity index (χ3v) is 6.43. The van der Waals surface area contributed by atoms with Crippen LogP contribution in [0.1, 0.15) is 34.6 Å². The summed E-state index contributed by atoms with van der Waals surface area (Å²) >= 11 is 0. The Kier molecular flexibility index (Phi) is 2.29. The molecule has 4 heteroatoms. The van der Waals surface area contributed by atoms with E-state index in [1.165, 1.54) is 0 Å². The molecule has 0 amide bonds. The zero-order valence-corrected chi connectivity index (χ0v) is 8.73. The van der Waals surface area contributed by atoms with Gasteiger partial charge in [0.2, 0.25) is 0 Å². The average Bonchev–Trinajstić information content (AvgIpc) is 1.59. The molecule has 0 bridgehead atoms. The van der Waals surface area contributed by atoms with Gasteiger partial charge in [0.25, 0.3) is 0 Å². The molecule has 0 unspecified atom stereocenters. The van der Waals surface area contributed by atoms with Gasteiger partial charge in [-0.25, -0.2) is 5.14 Å². The predicted molar refractivity (Wildman–Crippen MR) is 49.8 cm³/mol. The highest BCUT2D eigenvalue weighted by Crippen LogP contribution is 2.34. The lowest BCUT2D eigenvalue weighted by Gasteiger charge is -2.52. The first-order valence-electron chi connectivity index (χ1n) is 3.68. The quantitative estimate of drug-likeness (QED) is 0.641. The summed E-state index contributed by atoms with van der Waals surface area (Å²) in [7, 11) is -3.95. The fourth-order valence-corrected chi connectivity index (χ4v) is 2.12. The Hall–Kier alpha value is 0.0700. The van der Waals surface area contributed by atoms with Crippen molar-refractivity contribution in [3.05, 3.63) is 0 Å². The van der Waals surface area contributed by atoms with Crippen LogP contribution in [-0.2, 0) is 9.53 Å². The molecule has 3 N–H and O–H groups in total. The molecule has 0 spiro atoms. The van der Waals surface area contributed by atoms with E-state index in [0.717, 1.165) is 0 Å². The van der Waals surface area contributed by atoms with Gasteiger partial charge in [0.15, 0.2) is 0 Å². The molecule has 11 heavy (non-hydrogen) atoms. The SMILES string of the molecule is CC(C)S(N)(=O)(O)C(C)(C)C. The highest BCUT2D eigenvalue weighted by Gasteiger charge is 2.39. The smallest absolute Gasteiger partial charge is 0.0613 e. The highest BCUT2D eigenvalue weighted by molar-refractivity contribution is 8.14. The van der Waals surface area contributed by atoms with Gasteiger partial charge < -0.3 is 0 Å². The Bertz CT molecular complexity index is 209. The van der Waals surface area contributed by atoms with E-state index < -0.39 is 19.5 Å². The fraction of sp³-hybridized carbons (Fsp3) is 1.00. The predicted octanol–water partition coefficient (Wildman–Crippen LogP) is 1.36. The van der Waals surface area contributed by atoms with Gasteiger partial charge >= 0.3 is 0 Å². The van der Waals surface area contributed by atoms with E-state index in [4.69, 9.17) is 5.14 Å². The van der Waals surface area contributed by atoms with Crippen molar-refractivity contribution in [1.29, 1.82) is 0 Å². The minimum Gasteiger partial charge on any atom is -0.290 e. The van der Waals surface area contributed by atoms with Crippen molar-refractivity contribution in [2.75, 3.05) is 0 Å². The second kappa shape index (κ2) is 2.28. The van der Waals surface area contributed by atoms with Crippen LogP contribution in [-0.4, -0.2) is 18.8 Å². The molecular formula is C7H19NO2S. The normalized spacial score (nSPS) is 18.0. The molecule has 0 aliphatic rings. The molecule has 0 fully saturated rings. The molecule has 0 heterocycles. The van der Waals surface area contributed by atoms with E-state index >= 15 is 0 Å². The minimum atomic E-state index is -3.95. The number of hydrogen-bond donors (Lipinski definition) is 2. The van der Waals surface area contributed by atoms with Gasteiger partial charge in [-0.2, -0.15) is 4.21 Å². The van der Waals surface area contributed by atoms with E-state index in [9.17, 15) is 8.76 Å². The van der Waals surface area contributed by atoms with E-state index in [-0.39, 0.29) is 0 Å². The maximum Gasteiger partial charge on any atom is 0.0613 e. The van der Waals surface area contributed by atoms with Gasteiger partial charge in [0.1, 0.15) is 0 Å². The molecule has 0 aliphatic heterocycles. The molecule has 0 saturated heterocycles. The van der Waals surface area contributed by atoms with Crippen LogP contribution in [0.25, 0.3) is 0 Å². The first-order chi connectivity index (χ1) is 4.48. The third-order valence-electron chi connectivity index (χ3n) is 2.14. The lowest BCUT2D eigenvalue weighted by atomic mass is 10.3. The minimum absolute atomic E-state index is 0.410. The van der Waals surface area contributed by atoms with Crippen molar-refractivity contribution < 1.29 is 8.76 Å². The second-order valence-electron chi connectivity index (χ2n) is 4.19. The first kappa shape index (κ1) is 11.1. The molecule has 0 radical (unpaired) electrons. The molecule has 0 rings (SSSR count). The second-order valence-corrected chi connectivity index (χ2v) is 8.40. The number of hydrogen-bond acceptors (Lipinski definition) is 1. The molecule has 0 aromatic carbocycles. The summed E-state index contributed by atoms with van der Waals surface area (Å²) in [4.78, 5) is 0. The van der Waals surface area contributed by atoms with Crippen LogP contribution in [0, 0.1) is 0 Å². The van der Waals surface area contributed by atoms with Crippen LogP contribution < -0.4 is 5.14 Å². The molecule has 0 atom stereocenters. The Morgan fingerprint density at radius 2 is 1.64 bits per heavy atom. The van der Waals surface area contributed by atoms with Gasteiger partial charge in [0.05, 0.1) is 10.00 Å². The van der Waals surface area contributed by atoms with Crippen LogP contribution >= 0.6 is 0 Å². The van der Waals surface area contributed by atoms with Gasteiger partial charge in [-0.15, -0.1) is 9.53 Å². The summed E-state index contributed by atoms with van der Waals surface area (Å²) in [5, 5.41) is 5.08. The van der Waals surface area contributed by atoms with Crippen LogP contribution in [0.5, 0.6) is 0 Å². The topological polar surface area (TPSA) is 63.3 Å². The Morgan fingerprint density at radius 1 is 1.36 bits per heavy atom. The van der Waals surface area contributed by atoms with Gasteiger partial charge in [-0.1, -0.05) is 0 Å². The van der Waals surface area contributed by atoms with Gasteiger partial charge in [-0.3, -0.25) is 4.55 Å². The maximum atomic E-state index is 11.8. The largest absolute Gasteiger partial charge is 0.290 e. The van der Waals surface area contributed by atoms with E-state index in [1.807, 2.05) is 0 Å². The molecule has 0 saturated carbocycles. The monoisotopic (exact) mass is 181 g/mol. The zero-order chi connectivity index (χ0) is 9.52. The van der Waals surface area contributed by atoms with Crippen molar-refractivity contribution >= 4 is 9.53 Å². The Morgan fingerprint density at radius 3 is 1.64 bits per heavy atom. The molecular weight excluding hydrogens is 162 g/mol. The van der Waals surface area contributed by atoms with Crippen LogP contribution in [0.4, 0.5) is 0 Å². The van der Waals surface area contributed by atoms with Crippen molar-refractivity contribution in [3.8, 4) is 0 Å². The van der Waals surface area contributed by atoms with Gasteiger partial charge in [-0.05, 0) is 34.6 Å². The summed E-state index contributed by atoms with van der Waals surface area (Å²) in [5.41, 5.74) is 0. The van der Waals surface area contributed by atoms with Crippen molar-refractivity contribution in [2.45, 2.75) is 44.6 Å². The lowest BCUT2D eigenvalue weighted by molar-refractivity contribution is 0.461. The third kappa shape index (κ3) is 1.63. The molecule has 0 aromatic rings. The van der Waals surface area contributed by atoms with Crippen LogP contribution in [0.2, 0.25) is 0 Å². The summed E-state index contributed by atoms with van der Waals surface area (Å²) in [5.74, 6) is 0. The van der Waals surface area contributed by atoms with E-state index in [0.29, 0.717) is 0 Å². The van der Waals surface area contributed by atoms with Crippen molar-refractivity contribution in [3.63, 3.8) is 0 Å². The zero-order valence-electron chi connectivity index (χ0n) is 7.92. The molecule has 0 aromatic heterocycles. The maximum absolute atomic E-state index is 11.8. The summed E-state index contributed by atoms with van der Waals surface area (Å²) in [6.07, 6.45) is 0. The molecule has 3 nitrogen and oxygen atoms in total. The highest BCUT2D eigenvalue weighted by atomic mass is 32.3. The summed E-state index contributed by atoms with van der Waals surface area (Å²) in [6.45, 7) is 8.38.